The van der Waals surface area contributed by atoms with E-state index in [0.29, 0.717) is 0 Å². The molecule has 0 amide bonds. The van der Waals surface area contributed by atoms with Gasteiger partial charge in [-0.15, -0.1) is 0 Å². The second-order valence-corrected chi connectivity index (χ2v) is 8.06. The molecular formula is C22H28O2. The van der Waals surface area contributed by atoms with Crippen LogP contribution in [0.15, 0.2) is 61.1 Å². The fraction of sp³-hybridized carbons (Fsp3) is 0.364. The van der Waals surface area contributed by atoms with E-state index < -0.39 is 0 Å². The molecule has 0 aliphatic rings. The van der Waals surface area contributed by atoms with E-state index in [2.05, 4.69) is 65.8 Å². The van der Waals surface area contributed by atoms with E-state index in [-0.39, 0.29) is 10.8 Å². The van der Waals surface area contributed by atoms with Crippen molar-refractivity contribution in [1.29, 1.82) is 0 Å². The third kappa shape index (κ3) is 5.16. The molecule has 2 nitrogen and oxygen atoms in total. The first-order valence-corrected chi connectivity index (χ1v) is 8.36. The lowest BCUT2D eigenvalue weighted by molar-refractivity contribution is 0.421. The van der Waals surface area contributed by atoms with E-state index in [0.717, 1.165) is 11.5 Å². The van der Waals surface area contributed by atoms with Gasteiger partial charge in [-0.1, -0.05) is 65.8 Å². The first kappa shape index (κ1) is 18.1. The summed E-state index contributed by atoms with van der Waals surface area (Å²) >= 11 is 0. The van der Waals surface area contributed by atoms with E-state index in [4.69, 9.17) is 9.47 Å². The van der Waals surface area contributed by atoms with Crippen LogP contribution in [0.2, 0.25) is 0 Å². The predicted octanol–water partition coefficient (Wildman–Crippen LogP) is 6.21. The van der Waals surface area contributed by atoms with Crippen molar-refractivity contribution in [2.45, 2.75) is 52.4 Å². The van der Waals surface area contributed by atoms with Gasteiger partial charge in [0.15, 0.2) is 0 Å². The fourth-order valence-corrected chi connectivity index (χ4v) is 2.28. The summed E-state index contributed by atoms with van der Waals surface area (Å²) in [6.07, 6.45) is 3.12. The lowest BCUT2D eigenvalue weighted by atomic mass is 9.87. The van der Waals surface area contributed by atoms with Gasteiger partial charge in [-0.05, 0) is 46.2 Å². The Kier molecular flexibility index (Phi) is 5.38. The van der Waals surface area contributed by atoms with Crippen LogP contribution in [0, 0.1) is 0 Å². The molecule has 0 aliphatic heterocycles. The highest BCUT2D eigenvalue weighted by Crippen LogP contribution is 2.25. The highest BCUT2D eigenvalue weighted by Gasteiger charge is 2.13. The minimum Gasteiger partial charge on any atom is -0.462 e. The Morgan fingerprint density at radius 1 is 0.542 bits per heavy atom. The summed E-state index contributed by atoms with van der Waals surface area (Å²) in [7, 11) is 0. The Morgan fingerprint density at radius 3 is 1.08 bits per heavy atom. The molecular weight excluding hydrogens is 296 g/mol. The molecule has 24 heavy (non-hydrogen) atoms. The maximum absolute atomic E-state index is 5.57. The van der Waals surface area contributed by atoms with Crippen molar-refractivity contribution in [3.63, 3.8) is 0 Å². The standard InChI is InChI=1S/C22H28O2/c1-21(2,3)17-7-11-19(12-8-17)23-15-16-24-20-13-9-18(10-14-20)22(4,5)6/h7-16H,1-6H3/b16-15+. The molecule has 0 saturated heterocycles. The second kappa shape index (κ2) is 7.12. The molecule has 0 aliphatic carbocycles. The molecule has 0 unspecified atom stereocenters. The summed E-state index contributed by atoms with van der Waals surface area (Å²) in [5.74, 6) is 1.59. The topological polar surface area (TPSA) is 18.5 Å². The lowest BCUT2D eigenvalue weighted by Crippen LogP contribution is -2.10. The first-order valence-electron chi connectivity index (χ1n) is 8.36. The predicted molar refractivity (Wildman–Crippen MR) is 101 cm³/mol. The highest BCUT2D eigenvalue weighted by atomic mass is 16.5. The number of benzene rings is 2. The van der Waals surface area contributed by atoms with Crippen LogP contribution in [-0.4, -0.2) is 0 Å². The second-order valence-electron chi connectivity index (χ2n) is 8.06. The minimum atomic E-state index is 0.150. The van der Waals surface area contributed by atoms with Gasteiger partial charge in [0.1, 0.15) is 24.0 Å². The molecule has 0 saturated carbocycles. The van der Waals surface area contributed by atoms with Crippen LogP contribution in [0.3, 0.4) is 0 Å². The number of rotatable bonds is 4. The maximum atomic E-state index is 5.57. The zero-order valence-electron chi connectivity index (χ0n) is 15.6. The molecule has 0 bridgehead atoms. The molecule has 2 aromatic carbocycles. The molecule has 0 radical (unpaired) electrons. The van der Waals surface area contributed by atoms with Crippen molar-refractivity contribution in [3.05, 3.63) is 72.2 Å². The largest absolute Gasteiger partial charge is 0.462 e. The molecule has 2 heteroatoms. The number of hydrogen-bond acceptors (Lipinski definition) is 2. The van der Waals surface area contributed by atoms with Crippen molar-refractivity contribution in [2.75, 3.05) is 0 Å². The van der Waals surface area contributed by atoms with Gasteiger partial charge in [0.05, 0.1) is 0 Å². The molecule has 0 fully saturated rings. The van der Waals surface area contributed by atoms with Crippen LogP contribution in [0.5, 0.6) is 11.5 Å². The van der Waals surface area contributed by atoms with Crippen molar-refractivity contribution in [1.82, 2.24) is 0 Å². The molecule has 0 spiro atoms. The Hall–Kier alpha value is -2.22. The molecule has 128 valence electrons. The van der Waals surface area contributed by atoms with Gasteiger partial charge in [0, 0.05) is 0 Å². The summed E-state index contributed by atoms with van der Waals surface area (Å²) in [4.78, 5) is 0. The summed E-state index contributed by atoms with van der Waals surface area (Å²) in [5.41, 5.74) is 2.87. The van der Waals surface area contributed by atoms with E-state index in [9.17, 15) is 0 Å². The van der Waals surface area contributed by atoms with Crippen LogP contribution < -0.4 is 9.47 Å². The summed E-state index contributed by atoms with van der Waals surface area (Å²) in [6.45, 7) is 13.2. The quantitative estimate of drug-likeness (QED) is 0.622. The molecule has 2 aromatic rings. The summed E-state index contributed by atoms with van der Waals surface area (Å²) in [5, 5.41) is 0. The Balaban J connectivity index is 1.88. The molecule has 2 rings (SSSR count). The molecule has 0 aromatic heterocycles. The third-order valence-corrected chi connectivity index (χ3v) is 3.90. The van der Waals surface area contributed by atoms with Gasteiger partial charge in [-0.3, -0.25) is 0 Å². The highest BCUT2D eigenvalue weighted by molar-refractivity contribution is 5.32. The van der Waals surface area contributed by atoms with Gasteiger partial charge in [-0.2, -0.15) is 0 Å². The van der Waals surface area contributed by atoms with Crippen molar-refractivity contribution < 1.29 is 9.47 Å². The van der Waals surface area contributed by atoms with Gasteiger partial charge in [-0.25, -0.2) is 0 Å². The third-order valence-electron chi connectivity index (χ3n) is 3.90. The Bertz CT molecular complexity index is 604. The van der Waals surface area contributed by atoms with Crippen molar-refractivity contribution >= 4 is 0 Å². The number of ether oxygens (including phenoxy) is 2. The van der Waals surface area contributed by atoms with E-state index in [1.54, 1.807) is 12.5 Å². The van der Waals surface area contributed by atoms with E-state index >= 15 is 0 Å². The van der Waals surface area contributed by atoms with E-state index in [1.807, 2.05) is 24.3 Å². The van der Waals surface area contributed by atoms with E-state index in [1.165, 1.54) is 11.1 Å². The van der Waals surface area contributed by atoms with Crippen LogP contribution in [-0.2, 0) is 10.8 Å². The average Bonchev–Trinajstić information content (AvgIpc) is 2.51. The first-order chi connectivity index (χ1) is 11.2. The van der Waals surface area contributed by atoms with Crippen molar-refractivity contribution in [2.24, 2.45) is 0 Å². The van der Waals surface area contributed by atoms with Gasteiger partial charge in [0.2, 0.25) is 0 Å². The van der Waals surface area contributed by atoms with Crippen LogP contribution >= 0.6 is 0 Å². The van der Waals surface area contributed by atoms with Gasteiger partial charge in [0.25, 0.3) is 0 Å². The SMILES string of the molecule is CC(C)(C)c1ccc(O/C=C/Oc2ccc(C(C)(C)C)cc2)cc1. The lowest BCUT2D eigenvalue weighted by Gasteiger charge is -2.19. The van der Waals surface area contributed by atoms with Crippen LogP contribution in [0.25, 0.3) is 0 Å². The smallest absolute Gasteiger partial charge is 0.126 e. The minimum absolute atomic E-state index is 0.150. The fourth-order valence-electron chi connectivity index (χ4n) is 2.28. The Labute approximate surface area is 146 Å². The van der Waals surface area contributed by atoms with Crippen molar-refractivity contribution in [3.8, 4) is 11.5 Å². The van der Waals surface area contributed by atoms with Gasteiger partial charge < -0.3 is 9.47 Å². The van der Waals surface area contributed by atoms with Crippen LogP contribution in [0.1, 0.15) is 52.7 Å². The molecule has 0 N–H and O–H groups in total. The monoisotopic (exact) mass is 324 g/mol. The summed E-state index contributed by atoms with van der Waals surface area (Å²) in [6, 6.07) is 16.3. The molecule has 0 heterocycles. The summed E-state index contributed by atoms with van der Waals surface area (Å²) < 4.78 is 11.1. The zero-order chi connectivity index (χ0) is 17.8. The zero-order valence-corrected chi connectivity index (χ0v) is 15.6. The van der Waals surface area contributed by atoms with Gasteiger partial charge >= 0.3 is 0 Å². The average molecular weight is 324 g/mol. The number of hydrogen-bond donors (Lipinski definition) is 0. The molecule has 0 atom stereocenters. The normalized spacial score (nSPS) is 12.4. The van der Waals surface area contributed by atoms with Crippen LogP contribution in [0.4, 0.5) is 0 Å². The Morgan fingerprint density at radius 2 is 0.833 bits per heavy atom. The maximum Gasteiger partial charge on any atom is 0.126 e.